The van der Waals surface area contributed by atoms with Gasteiger partial charge in [-0.2, -0.15) is 0 Å². The highest BCUT2D eigenvalue weighted by Gasteiger charge is 2.39. The lowest BCUT2D eigenvalue weighted by Crippen LogP contribution is -2.36. The second-order valence-corrected chi connectivity index (χ2v) is 4.24. The van der Waals surface area contributed by atoms with E-state index in [1.807, 2.05) is 18.2 Å². The molecular formula is C13H12O3. The molecule has 3 rings (SSSR count). The largest absolute Gasteiger partial charge is 0.456 e. The van der Waals surface area contributed by atoms with E-state index >= 15 is 0 Å². The normalized spacial score (nSPS) is 20.0. The Morgan fingerprint density at radius 2 is 2.00 bits per heavy atom. The lowest BCUT2D eigenvalue weighted by molar-refractivity contribution is -0.148. The number of fused-ring (bicyclic) bond motifs is 1. The molecule has 0 aromatic heterocycles. The van der Waals surface area contributed by atoms with Crippen LogP contribution in [0.3, 0.4) is 0 Å². The van der Waals surface area contributed by atoms with Gasteiger partial charge in [-0.25, -0.2) is 0 Å². The van der Waals surface area contributed by atoms with Gasteiger partial charge >= 0.3 is 0 Å². The molecule has 0 fully saturated rings. The van der Waals surface area contributed by atoms with Gasteiger partial charge in [-0.05, 0) is 23.6 Å². The number of hydrogen-bond acceptors (Lipinski definition) is 3. The van der Waals surface area contributed by atoms with Crippen LogP contribution in [0, 0.1) is 0 Å². The van der Waals surface area contributed by atoms with E-state index in [1.165, 1.54) is 11.1 Å². The first-order chi connectivity index (χ1) is 7.81. The summed E-state index contributed by atoms with van der Waals surface area (Å²) >= 11 is 0. The summed E-state index contributed by atoms with van der Waals surface area (Å²) in [6, 6.07) is 5.79. The molecular weight excluding hydrogens is 204 g/mol. The third-order valence-electron chi connectivity index (χ3n) is 3.22. The Kier molecular flexibility index (Phi) is 1.99. The van der Waals surface area contributed by atoms with Gasteiger partial charge in [0, 0.05) is 12.0 Å². The van der Waals surface area contributed by atoms with Crippen LogP contribution in [-0.4, -0.2) is 12.1 Å². The Labute approximate surface area is 93.7 Å². The zero-order chi connectivity index (χ0) is 11.0. The third-order valence-corrected chi connectivity index (χ3v) is 3.22. The Morgan fingerprint density at radius 3 is 2.75 bits per heavy atom. The fraction of sp³-hybridized carbons (Fsp3) is 0.308. The first kappa shape index (κ1) is 9.46. The van der Waals surface area contributed by atoms with Crippen molar-refractivity contribution in [2.45, 2.75) is 25.0 Å². The summed E-state index contributed by atoms with van der Waals surface area (Å²) in [4.78, 5) is 10.7. The minimum atomic E-state index is -0.490. The predicted molar refractivity (Wildman–Crippen MR) is 57.9 cm³/mol. The predicted octanol–water partition coefficient (Wildman–Crippen LogP) is 2.20. The standard InChI is InChI=1S/C13H12O3/c14-9-10-1-2-12-8-13(15-5-6-16-13)4-3-11(12)7-10/h1-2,5-7,9H,3-4,8H2. The molecule has 3 heteroatoms. The summed E-state index contributed by atoms with van der Waals surface area (Å²) in [5.74, 6) is -0.490. The van der Waals surface area contributed by atoms with Crippen LogP contribution in [-0.2, 0) is 22.3 Å². The first-order valence-corrected chi connectivity index (χ1v) is 5.39. The number of hydrogen-bond donors (Lipinski definition) is 0. The topological polar surface area (TPSA) is 35.5 Å². The van der Waals surface area contributed by atoms with E-state index in [0.29, 0.717) is 0 Å². The molecule has 1 heterocycles. The van der Waals surface area contributed by atoms with Crippen LogP contribution >= 0.6 is 0 Å². The van der Waals surface area contributed by atoms with E-state index in [4.69, 9.17) is 9.47 Å². The quantitative estimate of drug-likeness (QED) is 0.675. The van der Waals surface area contributed by atoms with Crippen LogP contribution in [0.5, 0.6) is 0 Å². The number of carbonyl (C=O) groups excluding carboxylic acids is 1. The minimum absolute atomic E-state index is 0.490. The summed E-state index contributed by atoms with van der Waals surface area (Å²) in [7, 11) is 0. The van der Waals surface area contributed by atoms with Gasteiger partial charge in [-0.3, -0.25) is 4.79 Å². The average molecular weight is 216 g/mol. The van der Waals surface area contributed by atoms with Crippen LogP contribution < -0.4 is 0 Å². The average Bonchev–Trinajstić information content (AvgIpc) is 2.77. The van der Waals surface area contributed by atoms with E-state index in [1.54, 1.807) is 12.5 Å². The lowest BCUT2D eigenvalue weighted by Gasteiger charge is -2.32. The van der Waals surface area contributed by atoms with Gasteiger partial charge in [0.25, 0.3) is 5.79 Å². The van der Waals surface area contributed by atoms with Crippen molar-refractivity contribution in [3.8, 4) is 0 Å². The van der Waals surface area contributed by atoms with Crippen molar-refractivity contribution < 1.29 is 14.3 Å². The monoisotopic (exact) mass is 216 g/mol. The van der Waals surface area contributed by atoms with Gasteiger partial charge in [0.1, 0.15) is 18.8 Å². The second-order valence-electron chi connectivity index (χ2n) is 4.24. The Hall–Kier alpha value is -1.77. The molecule has 16 heavy (non-hydrogen) atoms. The second kappa shape index (κ2) is 3.37. The van der Waals surface area contributed by atoms with Crippen molar-refractivity contribution in [2.75, 3.05) is 0 Å². The maximum absolute atomic E-state index is 10.7. The molecule has 0 saturated heterocycles. The number of carbonyl (C=O) groups is 1. The van der Waals surface area contributed by atoms with Crippen LogP contribution in [0.2, 0.25) is 0 Å². The Bertz CT molecular complexity index is 454. The third kappa shape index (κ3) is 1.40. The minimum Gasteiger partial charge on any atom is -0.456 e. The molecule has 82 valence electrons. The molecule has 0 amide bonds. The number of ether oxygens (including phenoxy) is 2. The summed E-state index contributed by atoms with van der Waals surface area (Å²) in [5.41, 5.74) is 3.18. The van der Waals surface area contributed by atoms with Crippen LogP contribution in [0.4, 0.5) is 0 Å². The zero-order valence-corrected chi connectivity index (χ0v) is 8.81. The van der Waals surface area contributed by atoms with Crippen molar-refractivity contribution >= 4 is 6.29 Å². The molecule has 0 N–H and O–H groups in total. The summed E-state index contributed by atoms with van der Waals surface area (Å²) in [5, 5.41) is 0. The van der Waals surface area contributed by atoms with Crippen molar-refractivity contribution in [3.63, 3.8) is 0 Å². The summed E-state index contributed by atoms with van der Waals surface area (Å²) in [6.07, 6.45) is 6.55. The molecule has 0 saturated carbocycles. The van der Waals surface area contributed by atoms with E-state index in [-0.39, 0.29) is 0 Å². The number of rotatable bonds is 1. The highest BCUT2D eigenvalue weighted by Crippen LogP contribution is 2.35. The lowest BCUT2D eigenvalue weighted by atomic mass is 9.86. The number of aldehydes is 1. The molecule has 2 aliphatic rings. The smallest absolute Gasteiger partial charge is 0.254 e. The van der Waals surface area contributed by atoms with Gasteiger partial charge in [-0.1, -0.05) is 12.1 Å². The van der Waals surface area contributed by atoms with Gasteiger partial charge in [0.2, 0.25) is 0 Å². The summed E-state index contributed by atoms with van der Waals surface area (Å²) in [6.45, 7) is 0. The molecule has 0 unspecified atom stereocenters. The van der Waals surface area contributed by atoms with Crippen molar-refractivity contribution in [1.82, 2.24) is 0 Å². The fourth-order valence-electron chi connectivity index (χ4n) is 2.36. The summed E-state index contributed by atoms with van der Waals surface area (Å²) < 4.78 is 11.0. The van der Waals surface area contributed by atoms with E-state index in [2.05, 4.69) is 0 Å². The van der Waals surface area contributed by atoms with E-state index in [9.17, 15) is 4.79 Å². The van der Waals surface area contributed by atoms with Crippen molar-refractivity contribution in [2.24, 2.45) is 0 Å². The SMILES string of the molecule is O=Cc1ccc2c(c1)CCC1(C2)OC=CO1. The fourth-order valence-corrected chi connectivity index (χ4v) is 2.36. The molecule has 0 radical (unpaired) electrons. The molecule has 3 nitrogen and oxygen atoms in total. The van der Waals surface area contributed by atoms with Gasteiger partial charge in [-0.15, -0.1) is 0 Å². The zero-order valence-electron chi connectivity index (χ0n) is 8.81. The molecule has 1 spiro atoms. The maximum Gasteiger partial charge on any atom is 0.254 e. The van der Waals surface area contributed by atoms with E-state index < -0.39 is 5.79 Å². The van der Waals surface area contributed by atoms with Crippen LogP contribution in [0.25, 0.3) is 0 Å². The van der Waals surface area contributed by atoms with Crippen molar-refractivity contribution in [3.05, 3.63) is 47.4 Å². The highest BCUT2D eigenvalue weighted by atomic mass is 16.7. The molecule has 1 aromatic carbocycles. The Balaban J connectivity index is 1.92. The highest BCUT2D eigenvalue weighted by molar-refractivity contribution is 5.75. The van der Waals surface area contributed by atoms with Crippen molar-refractivity contribution in [1.29, 1.82) is 0 Å². The van der Waals surface area contributed by atoms with Gasteiger partial charge < -0.3 is 9.47 Å². The number of benzene rings is 1. The number of aryl methyl sites for hydroxylation is 1. The molecule has 1 aliphatic carbocycles. The molecule has 0 atom stereocenters. The maximum atomic E-state index is 10.7. The molecule has 1 aromatic rings. The van der Waals surface area contributed by atoms with E-state index in [0.717, 1.165) is 31.1 Å². The van der Waals surface area contributed by atoms with Crippen LogP contribution in [0.15, 0.2) is 30.7 Å². The molecule has 1 aliphatic heterocycles. The Morgan fingerprint density at radius 1 is 1.19 bits per heavy atom. The molecule has 0 bridgehead atoms. The van der Waals surface area contributed by atoms with Gasteiger partial charge in [0.05, 0.1) is 6.42 Å². The van der Waals surface area contributed by atoms with Crippen LogP contribution in [0.1, 0.15) is 27.9 Å². The first-order valence-electron chi connectivity index (χ1n) is 5.39. The van der Waals surface area contributed by atoms with Gasteiger partial charge in [0.15, 0.2) is 0 Å².